The summed E-state index contributed by atoms with van der Waals surface area (Å²) >= 11 is 0. The van der Waals surface area contributed by atoms with Crippen molar-refractivity contribution in [2.24, 2.45) is 0 Å². The Bertz CT molecular complexity index is 1710. The molecule has 0 saturated heterocycles. The molecule has 0 spiro atoms. The lowest BCUT2D eigenvalue weighted by Crippen LogP contribution is -1.90. The zero-order chi connectivity index (χ0) is 22.1. The number of pyridine rings is 1. The third-order valence-corrected chi connectivity index (χ3v) is 5.97. The van der Waals surface area contributed by atoms with Crippen LogP contribution in [0.1, 0.15) is 11.1 Å². The van der Waals surface area contributed by atoms with Crippen molar-refractivity contribution in [1.29, 1.82) is 0 Å². The number of nitrogens with zero attached hydrogens (tertiary/aromatic N) is 1. The van der Waals surface area contributed by atoms with Gasteiger partial charge in [0.1, 0.15) is 17.0 Å². The SMILES string of the molecule is Cc1cc(C)cc(-c2nccc3c2ccc2c3cc(F)c3c4cc(F)c(F)cc4oc23)c1. The standard InChI is InChI=1S/C27H16F3NO/c1-13-7-14(2)9-15(8-13)26-17-3-4-18-19(16(17)5-6-31-26)10-23(30)25-20-11-21(28)22(29)12-24(20)32-27(18)25/h3-12H,1-2H3. The molecule has 156 valence electrons. The average Bonchev–Trinajstić information content (AvgIpc) is 3.12. The lowest BCUT2D eigenvalue weighted by atomic mass is 9.96. The van der Waals surface area contributed by atoms with Crippen LogP contribution in [0.3, 0.4) is 0 Å². The van der Waals surface area contributed by atoms with Crippen molar-refractivity contribution in [3.05, 3.63) is 89.4 Å². The van der Waals surface area contributed by atoms with E-state index in [0.717, 1.165) is 45.3 Å². The molecule has 0 fully saturated rings. The summed E-state index contributed by atoms with van der Waals surface area (Å²) in [6, 6.07) is 15.2. The van der Waals surface area contributed by atoms with Gasteiger partial charge in [-0.2, -0.15) is 0 Å². The molecule has 6 rings (SSSR count). The minimum Gasteiger partial charge on any atom is -0.455 e. The number of rotatable bonds is 1. The zero-order valence-corrected chi connectivity index (χ0v) is 17.3. The first-order chi connectivity index (χ1) is 15.4. The molecule has 0 atom stereocenters. The Morgan fingerprint density at radius 1 is 0.656 bits per heavy atom. The van der Waals surface area contributed by atoms with E-state index in [4.69, 9.17) is 4.42 Å². The first kappa shape index (κ1) is 18.9. The molecule has 2 nitrogen and oxygen atoms in total. The molecular formula is C27H16F3NO. The van der Waals surface area contributed by atoms with Crippen molar-refractivity contribution in [2.45, 2.75) is 13.8 Å². The molecule has 0 amide bonds. The molecule has 0 unspecified atom stereocenters. The van der Waals surface area contributed by atoms with Crippen LogP contribution in [0, 0.1) is 31.3 Å². The predicted octanol–water partition coefficient (Wildman–Crippen LogP) is 7.99. The van der Waals surface area contributed by atoms with Crippen LogP contribution in [0.5, 0.6) is 0 Å². The van der Waals surface area contributed by atoms with Crippen molar-refractivity contribution in [3.63, 3.8) is 0 Å². The van der Waals surface area contributed by atoms with E-state index in [1.165, 1.54) is 6.07 Å². The van der Waals surface area contributed by atoms with Gasteiger partial charge in [0.05, 0.1) is 11.1 Å². The predicted molar refractivity (Wildman–Crippen MR) is 121 cm³/mol. The second-order valence-corrected chi connectivity index (χ2v) is 8.22. The van der Waals surface area contributed by atoms with Gasteiger partial charge in [-0.25, -0.2) is 13.2 Å². The number of halogens is 3. The number of hydrogen-bond donors (Lipinski definition) is 0. The maximum absolute atomic E-state index is 15.3. The molecule has 0 aliphatic rings. The molecule has 0 saturated carbocycles. The molecule has 5 heteroatoms. The van der Waals surface area contributed by atoms with E-state index >= 15 is 4.39 Å². The first-order valence-electron chi connectivity index (χ1n) is 10.2. The fourth-order valence-corrected chi connectivity index (χ4v) is 4.69. The van der Waals surface area contributed by atoms with E-state index in [0.29, 0.717) is 10.8 Å². The number of fused-ring (bicyclic) bond motifs is 7. The summed E-state index contributed by atoms with van der Waals surface area (Å²) in [5, 5.41) is 3.39. The van der Waals surface area contributed by atoms with Gasteiger partial charge in [-0.3, -0.25) is 4.98 Å². The van der Waals surface area contributed by atoms with Crippen molar-refractivity contribution >= 4 is 43.5 Å². The molecule has 0 aliphatic heterocycles. The molecule has 6 aromatic rings. The molecule has 0 aliphatic carbocycles. The van der Waals surface area contributed by atoms with Crippen LogP contribution in [0.2, 0.25) is 0 Å². The number of aryl methyl sites for hydroxylation is 2. The molecule has 2 aromatic heterocycles. The third-order valence-electron chi connectivity index (χ3n) is 5.97. The van der Waals surface area contributed by atoms with Gasteiger partial charge < -0.3 is 4.42 Å². The van der Waals surface area contributed by atoms with Gasteiger partial charge in [-0.15, -0.1) is 0 Å². The molecule has 0 bridgehead atoms. The van der Waals surface area contributed by atoms with E-state index in [-0.39, 0.29) is 21.9 Å². The summed E-state index contributed by atoms with van der Waals surface area (Å²) in [5.41, 5.74) is 4.44. The van der Waals surface area contributed by atoms with Crippen LogP contribution in [0.25, 0.3) is 54.7 Å². The Labute approximate surface area is 180 Å². The second kappa shape index (κ2) is 6.57. The van der Waals surface area contributed by atoms with Gasteiger partial charge in [-0.1, -0.05) is 23.3 Å². The number of aromatic nitrogens is 1. The zero-order valence-electron chi connectivity index (χ0n) is 17.3. The van der Waals surface area contributed by atoms with Gasteiger partial charge in [-0.05, 0) is 61.0 Å². The lowest BCUT2D eigenvalue weighted by molar-refractivity contribution is 0.508. The maximum atomic E-state index is 15.3. The Morgan fingerprint density at radius 3 is 2.12 bits per heavy atom. The minimum absolute atomic E-state index is 0.107. The summed E-state index contributed by atoms with van der Waals surface area (Å²) in [4.78, 5) is 4.60. The number of hydrogen-bond acceptors (Lipinski definition) is 2. The van der Waals surface area contributed by atoms with Gasteiger partial charge in [0.25, 0.3) is 0 Å². The monoisotopic (exact) mass is 427 g/mol. The molecule has 0 radical (unpaired) electrons. The summed E-state index contributed by atoms with van der Waals surface area (Å²) in [6.07, 6.45) is 1.71. The second-order valence-electron chi connectivity index (χ2n) is 8.22. The van der Waals surface area contributed by atoms with Crippen molar-refractivity contribution in [2.75, 3.05) is 0 Å². The average molecular weight is 427 g/mol. The van der Waals surface area contributed by atoms with Crippen LogP contribution < -0.4 is 0 Å². The van der Waals surface area contributed by atoms with Crippen molar-refractivity contribution in [1.82, 2.24) is 4.98 Å². The fourth-order valence-electron chi connectivity index (χ4n) is 4.69. The van der Waals surface area contributed by atoms with Crippen LogP contribution in [-0.2, 0) is 0 Å². The Hall–Kier alpha value is -3.86. The Kier molecular flexibility index (Phi) is 3.87. The van der Waals surface area contributed by atoms with Crippen LogP contribution in [-0.4, -0.2) is 4.98 Å². The van der Waals surface area contributed by atoms with E-state index in [1.54, 1.807) is 6.20 Å². The lowest BCUT2D eigenvalue weighted by Gasteiger charge is -2.11. The highest BCUT2D eigenvalue weighted by Crippen LogP contribution is 2.40. The van der Waals surface area contributed by atoms with Crippen LogP contribution in [0.15, 0.2) is 65.2 Å². The smallest absolute Gasteiger partial charge is 0.162 e. The minimum atomic E-state index is -1.04. The highest BCUT2D eigenvalue weighted by atomic mass is 19.2. The van der Waals surface area contributed by atoms with Gasteiger partial charge in [0.15, 0.2) is 11.6 Å². The summed E-state index contributed by atoms with van der Waals surface area (Å²) in [5.74, 6) is -2.62. The largest absolute Gasteiger partial charge is 0.455 e. The Morgan fingerprint density at radius 2 is 1.34 bits per heavy atom. The molecule has 4 aromatic carbocycles. The van der Waals surface area contributed by atoms with Gasteiger partial charge in [0.2, 0.25) is 0 Å². The summed E-state index contributed by atoms with van der Waals surface area (Å²) < 4.78 is 48.6. The van der Waals surface area contributed by atoms with E-state index in [9.17, 15) is 8.78 Å². The maximum Gasteiger partial charge on any atom is 0.162 e. The summed E-state index contributed by atoms with van der Waals surface area (Å²) in [6.45, 7) is 4.08. The quantitative estimate of drug-likeness (QED) is 0.249. The van der Waals surface area contributed by atoms with Crippen LogP contribution >= 0.6 is 0 Å². The van der Waals surface area contributed by atoms with E-state index in [1.807, 2.05) is 32.0 Å². The Balaban J connectivity index is 1.72. The number of benzene rings is 4. The molecule has 0 N–H and O–H groups in total. The first-order valence-corrected chi connectivity index (χ1v) is 10.2. The van der Waals surface area contributed by atoms with E-state index in [2.05, 4.69) is 23.2 Å². The summed E-state index contributed by atoms with van der Waals surface area (Å²) in [7, 11) is 0. The van der Waals surface area contributed by atoms with Crippen molar-refractivity contribution in [3.8, 4) is 11.3 Å². The highest BCUT2D eigenvalue weighted by Gasteiger charge is 2.19. The molecule has 32 heavy (non-hydrogen) atoms. The van der Waals surface area contributed by atoms with Gasteiger partial charge >= 0.3 is 0 Å². The highest BCUT2D eigenvalue weighted by molar-refractivity contribution is 6.21. The van der Waals surface area contributed by atoms with Crippen molar-refractivity contribution < 1.29 is 17.6 Å². The van der Waals surface area contributed by atoms with Crippen LogP contribution in [0.4, 0.5) is 13.2 Å². The molecule has 2 heterocycles. The fraction of sp³-hybridized carbons (Fsp3) is 0.0741. The topological polar surface area (TPSA) is 26.0 Å². The van der Waals surface area contributed by atoms with E-state index < -0.39 is 17.5 Å². The normalized spacial score (nSPS) is 11.9. The number of furan rings is 1. The molecular weight excluding hydrogens is 411 g/mol. The van der Waals surface area contributed by atoms with Gasteiger partial charge in [0, 0.05) is 34.0 Å². The third kappa shape index (κ3) is 2.64.